The summed E-state index contributed by atoms with van der Waals surface area (Å²) in [7, 11) is 0. The topological polar surface area (TPSA) is 74.6 Å². The first-order valence-electron chi connectivity index (χ1n) is 7.23. The van der Waals surface area contributed by atoms with E-state index in [0.717, 1.165) is 0 Å². The maximum absolute atomic E-state index is 9.10. The third kappa shape index (κ3) is 23.3. The van der Waals surface area contributed by atoms with Crippen LogP contribution in [0, 0.1) is 0 Å². The second-order valence-corrected chi connectivity index (χ2v) is 8.76. The molecule has 0 aromatic heterocycles. The molecular weight excluding hydrogens is 351 g/mol. The van der Waals surface area contributed by atoms with E-state index < -0.39 is 11.9 Å². The maximum atomic E-state index is 9.10. The summed E-state index contributed by atoms with van der Waals surface area (Å²) >= 11 is 0.104. The van der Waals surface area contributed by atoms with E-state index in [9.17, 15) is 0 Å². The average molecular weight is 379 g/mol. The molecule has 0 heterocycles. The molecule has 5 heteroatoms. The van der Waals surface area contributed by atoms with Gasteiger partial charge >= 0.3 is 107 Å². The summed E-state index contributed by atoms with van der Waals surface area (Å²) in [5, 5.41) is 14.8. The zero-order valence-electron chi connectivity index (χ0n) is 12.3. The number of carboxylic acids is 2. The molecule has 0 aromatic rings. The minimum atomic E-state index is -1.82. The normalized spacial score (nSPS) is 9.58. The van der Waals surface area contributed by atoms with Crippen molar-refractivity contribution in [2.45, 2.75) is 74.1 Å². The van der Waals surface area contributed by atoms with Crippen molar-refractivity contribution in [2.75, 3.05) is 0 Å². The number of carbonyl (C=O) groups is 2. The van der Waals surface area contributed by atoms with Gasteiger partial charge in [-0.1, -0.05) is 0 Å². The van der Waals surface area contributed by atoms with E-state index >= 15 is 0 Å². The molecule has 0 aliphatic carbocycles. The van der Waals surface area contributed by atoms with Gasteiger partial charge < -0.3 is 10.2 Å². The zero-order chi connectivity index (χ0) is 14.9. The third-order valence-electron chi connectivity index (χ3n) is 2.60. The van der Waals surface area contributed by atoms with Gasteiger partial charge in [0.1, 0.15) is 0 Å². The van der Waals surface area contributed by atoms with Crippen LogP contribution in [-0.4, -0.2) is 43.3 Å². The first kappa shape index (κ1) is 21.0. The number of carboxylic acid groups (broad SMARTS) is 2. The van der Waals surface area contributed by atoms with Crippen molar-refractivity contribution < 1.29 is 19.8 Å². The predicted molar refractivity (Wildman–Crippen MR) is 78.9 cm³/mol. The second-order valence-electron chi connectivity index (χ2n) is 4.48. The largest absolute Gasteiger partial charge is 0.473 e. The fourth-order valence-corrected chi connectivity index (χ4v) is 5.05. The fourth-order valence-electron chi connectivity index (χ4n) is 1.48. The van der Waals surface area contributed by atoms with Gasteiger partial charge in [0, 0.05) is 0 Å². The Kier molecular flexibility index (Phi) is 19.6. The van der Waals surface area contributed by atoms with Crippen LogP contribution in [0.2, 0.25) is 8.87 Å². The van der Waals surface area contributed by atoms with E-state index in [1.54, 1.807) is 21.7 Å². The van der Waals surface area contributed by atoms with Gasteiger partial charge in [-0.3, -0.25) is 0 Å². The van der Waals surface area contributed by atoms with E-state index in [0.29, 0.717) is 0 Å². The first-order valence-corrected chi connectivity index (χ1v) is 11.3. The Morgan fingerprint density at radius 2 is 1.11 bits per heavy atom. The molecule has 0 aliphatic rings. The summed E-state index contributed by atoms with van der Waals surface area (Å²) < 4.78 is 3.30. The van der Waals surface area contributed by atoms with Crippen LogP contribution < -0.4 is 0 Å². The molecule has 0 aromatic carbocycles. The van der Waals surface area contributed by atoms with Crippen LogP contribution in [-0.2, 0) is 9.59 Å². The molecule has 4 nitrogen and oxygen atoms in total. The van der Waals surface area contributed by atoms with Crippen LogP contribution in [0.3, 0.4) is 0 Å². The maximum Gasteiger partial charge on any atom is 0.414 e. The van der Waals surface area contributed by atoms with Crippen molar-refractivity contribution in [2.24, 2.45) is 0 Å². The van der Waals surface area contributed by atoms with Crippen molar-refractivity contribution in [3.63, 3.8) is 0 Å². The summed E-state index contributed by atoms with van der Waals surface area (Å²) in [5.74, 6) is -3.65. The Bertz CT molecular complexity index is 197. The number of rotatable bonds is 10. The Balaban J connectivity index is 0. The standard InChI is InChI=1S/2C6H13.C2H2O4.Sn/c2*1-3-5-6-4-2;3-1(4)2(5)6;/h2*1,3-6H2,2H3;(H,3,4)(H,5,6);. The molecule has 2 N–H and O–H groups in total. The molecule has 0 saturated heterocycles. The molecule has 19 heavy (non-hydrogen) atoms. The summed E-state index contributed by atoms with van der Waals surface area (Å²) in [5.41, 5.74) is 0. The molecule has 0 saturated carbocycles. The Hall–Kier alpha value is -0.261. The first-order chi connectivity index (χ1) is 9.06. The Morgan fingerprint density at radius 3 is 1.37 bits per heavy atom. The van der Waals surface area contributed by atoms with Gasteiger partial charge in [0.2, 0.25) is 0 Å². The van der Waals surface area contributed by atoms with Gasteiger partial charge in [-0.25, -0.2) is 9.59 Å². The smallest absolute Gasteiger partial charge is 0.414 e. The number of hydrogen-bond donors (Lipinski definition) is 2. The van der Waals surface area contributed by atoms with Crippen LogP contribution in [0.25, 0.3) is 0 Å². The zero-order valence-corrected chi connectivity index (χ0v) is 15.1. The van der Waals surface area contributed by atoms with Crippen LogP contribution in [0.5, 0.6) is 0 Å². The van der Waals surface area contributed by atoms with E-state index in [-0.39, 0.29) is 21.1 Å². The molecule has 0 fully saturated rings. The number of unbranched alkanes of at least 4 members (excludes halogenated alkanes) is 6. The summed E-state index contributed by atoms with van der Waals surface area (Å²) in [4.78, 5) is 18.2. The van der Waals surface area contributed by atoms with Crippen LogP contribution in [0.1, 0.15) is 65.2 Å². The summed E-state index contributed by atoms with van der Waals surface area (Å²) in [6, 6.07) is 0. The van der Waals surface area contributed by atoms with Crippen LogP contribution in [0.15, 0.2) is 0 Å². The molecule has 0 rings (SSSR count). The molecule has 0 aliphatic heterocycles. The van der Waals surface area contributed by atoms with Gasteiger partial charge in [-0.2, -0.15) is 0 Å². The van der Waals surface area contributed by atoms with Gasteiger partial charge in [-0.15, -0.1) is 0 Å². The van der Waals surface area contributed by atoms with E-state index in [2.05, 4.69) is 13.8 Å². The Morgan fingerprint density at radius 1 is 0.737 bits per heavy atom. The van der Waals surface area contributed by atoms with Crippen LogP contribution in [0.4, 0.5) is 0 Å². The van der Waals surface area contributed by atoms with Crippen molar-refractivity contribution >= 4 is 33.1 Å². The van der Waals surface area contributed by atoms with Gasteiger partial charge in [0.15, 0.2) is 0 Å². The molecular formula is C14H28O4Sn. The second kappa shape index (κ2) is 17.7. The van der Waals surface area contributed by atoms with Crippen molar-refractivity contribution in [3.8, 4) is 0 Å². The van der Waals surface area contributed by atoms with Crippen molar-refractivity contribution in [3.05, 3.63) is 0 Å². The molecule has 0 amide bonds. The fraction of sp³-hybridized carbons (Fsp3) is 0.857. The predicted octanol–water partition coefficient (Wildman–Crippen LogP) is 3.84. The number of aliphatic carboxylic acids is 2. The molecule has 0 atom stereocenters. The third-order valence-corrected chi connectivity index (χ3v) is 6.63. The number of hydrogen-bond acceptors (Lipinski definition) is 2. The van der Waals surface area contributed by atoms with E-state index in [1.807, 2.05) is 0 Å². The SMILES string of the molecule is CCCCC[CH2][Sn][CH2]CCCCC.O=C(O)C(=O)O. The van der Waals surface area contributed by atoms with Gasteiger partial charge in [0.05, 0.1) is 0 Å². The molecule has 112 valence electrons. The van der Waals surface area contributed by atoms with Gasteiger partial charge in [0.25, 0.3) is 0 Å². The summed E-state index contributed by atoms with van der Waals surface area (Å²) in [6.45, 7) is 4.59. The summed E-state index contributed by atoms with van der Waals surface area (Å²) in [6.07, 6.45) is 11.8. The van der Waals surface area contributed by atoms with Crippen LogP contribution >= 0.6 is 0 Å². The van der Waals surface area contributed by atoms with Crippen molar-refractivity contribution in [1.82, 2.24) is 0 Å². The van der Waals surface area contributed by atoms with E-state index in [4.69, 9.17) is 19.8 Å². The van der Waals surface area contributed by atoms with Crippen molar-refractivity contribution in [1.29, 1.82) is 0 Å². The molecule has 0 spiro atoms. The average Bonchev–Trinajstić information content (AvgIpc) is 2.37. The molecule has 0 bridgehead atoms. The van der Waals surface area contributed by atoms with Gasteiger partial charge in [-0.05, 0) is 0 Å². The Labute approximate surface area is 127 Å². The minimum absolute atomic E-state index is 0.104. The monoisotopic (exact) mass is 380 g/mol. The molecule has 2 radical (unpaired) electrons. The minimum Gasteiger partial charge on any atom is -0.473 e. The quantitative estimate of drug-likeness (QED) is 0.344. The van der Waals surface area contributed by atoms with E-state index in [1.165, 1.54) is 38.5 Å². The molecule has 0 unspecified atom stereocenters.